The standard InChI is InChI=1S/C14H16N2O3S/c1-19-14-7-12(6-13(8-14)16(17)18)9-15-4-2-11-3-5-20-10-11/h3,5-8,10,15H,2,4,9H2,1H3. The molecule has 0 radical (unpaired) electrons. The summed E-state index contributed by atoms with van der Waals surface area (Å²) in [5.41, 5.74) is 2.21. The number of thiophene rings is 1. The van der Waals surface area contributed by atoms with E-state index in [2.05, 4.69) is 22.1 Å². The Morgan fingerprint density at radius 2 is 2.20 bits per heavy atom. The summed E-state index contributed by atoms with van der Waals surface area (Å²) in [7, 11) is 1.51. The number of non-ortho nitro benzene ring substituents is 1. The van der Waals surface area contributed by atoms with E-state index in [4.69, 9.17) is 4.74 Å². The third-order valence-electron chi connectivity index (χ3n) is 2.90. The largest absolute Gasteiger partial charge is 0.496 e. The van der Waals surface area contributed by atoms with E-state index in [-0.39, 0.29) is 5.69 Å². The van der Waals surface area contributed by atoms with Crippen molar-refractivity contribution in [1.29, 1.82) is 0 Å². The first-order chi connectivity index (χ1) is 9.69. The van der Waals surface area contributed by atoms with Gasteiger partial charge in [-0.3, -0.25) is 10.1 Å². The molecule has 0 fully saturated rings. The topological polar surface area (TPSA) is 64.4 Å². The molecule has 1 heterocycles. The van der Waals surface area contributed by atoms with E-state index in [9.17, 15) is 10.1 Å². The minimum absolute atomic E-state index is 0.0546. The van der Waals surface area contributed by atoms with Crippen LogP contribution in [0.3, 0.4) is 0 Å². The number of rotatable bonds is 7. The van der Waals surface area contributed by atoms with Crippen molar-refractivity contribution in [3.63, 3.8) is 0 Å². The highest BCUT2D eigenvalue weighted by molar-refractivity contribution is 7.07. The van der Waals surface area contributed by atoms with Crippen molar-refractivity contribution in [3.05, 3.63) is 56.3 Å². The summed E-state index contributed by atoms with van der Waals surface area (Å²) in [4.78, 5) is 10.4. The predicted octanol–water partition coefficient (Wildman–Crippen LogP) is 3.00. The van der Waals surface area contributed by atoms with Crippen molar-refractivity contribution in [2.24, 2.45) is 0 Å². The highest BCUT2D eigenvalue weighted by Gasteiger charge is 2.09. The maximum Gasteiger partial charge on any atom is 0.273 e. The van der Waals surface area contributed by atoms with Gasteiger partial charge in [0, 0.05) is 12.6 Å². The summed E-state index contributed by atoms with van der Waals surface area (Å²) in [6, 6.07) is 6.91. The molecule has 20 heavy (non-hydrogen) atoms. The minimum Gasteiger partial charge on any atom is -0.496 e. The number of nitro groups is 1. The van der Waals surface area contributed by atoms with E-state index in [0.717, 1.165) is 18.5 Å². The lowest BCUT2D eigenvalue weighted by atomic mass is 10.2. The highest BCUT2D eigenvalue weighted by atomic mass is 32.1. The Morgan fingerprint density at radius 1 is 1.35 bits per heavy atom. The van der Waals surface area contributed by atoms with E-state index >= 15 is 0 Å². The molecule has 5 nitrogen and oxygen atoms in total. The molecule has 106 valence electrons. The van der Waals surface area contributed by atoms with Crippen molar-refractivity contribution in [1.82, 2.24) is 5.32 Å². The number of methoxy groups -OCH3 is 1. The van der Waals surface area contributed by atoms with Gasteiger partial charge in [-0.15, -0.1) is 0 Å². The summed E-state index contributed by atoms with van der Waals surface area (Å²) in [5, 5.41) is 18.3. The van der Waals surface area contributed by atoms with Crippen molar-refractivity contribution >= 4 is 17.0 Å². The van der Waals surface area contributed by atoms with Gasteiger partial charge in [0.25, 0.3) is 5.69 Å². The maximum atomic E-state index is 10.8. The molecule has 0 aliphatic heterocycles. The Labute approximate surface area is 121 Å². The van der Waals surface area contributed by atoms with Crippen molar-refractivity contribution in [2.45, 2.75) is 13.0 Å². The summed E-state index contributed by atoms with van der Waals surface area (Å²) < 4.78 is 5.08. The van der Waals surface area contributed by atoms with Gasteiger partial charge < -0.3 is 10.1 Å². The third kappa shape index (κ3) is 4.04. The Hall–Kier alpha value is -1.92. The summed E-state index contributed by atoms with van der Waals surface area (Å²) in [5.74, 6) is 0.508. The van der Waals surface area contributed by atoms with Crippen LogP contribution >= 0.6 is 11.3 Å². The van der Waals surface area contributed by atoms with Crippen LogP contribution in [0.15, 0.2) is 35.0 Å². The van der Waals surface area contributed by atoms with Gasteiger partial charge in [0.05, 0.1) is 18.1 Å². The first-order valence-electron chi connectivity index (χ1n) is 6.23. The van der Waals surface area contributed by atoms with Gasteiger partial charge in [-0.1, -0.05) is 0 Å². The van der Waals surface area contributed by atoms with Gasteiger partial charge in [-0.05, 0) is 47.0 Å². The predicted molar refractivity (Wildman–Crippen MR) is 79.4 cm³/mol. The second-order valence-corrected chi connectivity index (χ2v) is 5.13. The molecular formula is C14H16N2O3S. The zero-order valence-electron chi connectivity index (χ0n) is 11.2. The van der Waals surface area contributed by atoms with E-state index < -0.39 is 4.92 Å². The fourth-order valence-electron chi connectivity index (χ4n) is 1.87. The normalized spacial score (nSPS) is 10.4. The lowest BCUT2D eigenvalue weighted by Crippen LogP contribution is -2.16. The van der Waals surface area contributed by atoms with Crippen LogP contribution in [0, 0.1) is 10.1 Å². The SMILES string of the molecule is COc1cc(CNCCc2ccsc2)cc([N+](=O)[O-])c1. The molecule has 1 N–H and O–H groups in total. The lowest BCUT2D eigenvalue weighted by molar-refractivity contribution is -0.385. The average Bonchev–Trinajstić information content (AvgIpc) is 2.96. The molecule has 0 aliphatic rings. The molecule has 0 saturated heterocycles. The van der Waals surface area contributed by atoms with E-state index in [1.807, 2.05) is 6.07 Å². The number of hydrogen-bond donors (Lipinski definition) is 1. The molecule has 2 aromatic rings. The van der Waals surface area contributed by atoms with E-state index in [1.165, 1.54) is 18.7 Å². The summed E-state index contributed by atoms with van der Waals surface area (Å²) >= 11 is 1.68. The monoisotopic (exact) mass is 292 g/mol. The van der Waals surface area contributed by atoms with Gasteiger partial charge in [0.1, 0.15) is 5.75 Å². The molecular weight excluding hydrogens is 276 g/mol. The number of nitro benzene ring substituents is 1. The molecule has 0 bridgehead atoms. The Balaban J connectivity index is 1.91. The smallest absolute Gasteiger partial charge is 0.273 e. The zero-order valence-corrected chi connectivity index (χ0v) is 12.0. The number of nitrogens with one attached hydrogen (secondary N) is 1. The van der Waals surface area contributed by atoms with Gasteiger partial charge in [-0.25, -0.2) is 0 Å². The molecule has 1 aromatic carbocycles. The lowest BCUT2D eigenvalue weighted by Gasteiger charge is -2.06. The quantitative estimate of drug-likeness (QED) is 0.484. The Morgan fingerprint density at radius 3 is 2.85 bits per heavy atom. The van der Waals surface area contributed by atoms with Crippen LogP contribution in [-0.4, -0.2) is 18.6 Å². The van der Waals surface area contributed by atoms with Crippen LogP contribution < -0.4 is 10.1 Å². The summed E-state index contributed by atoms with van der Waals surface area (Å²) in [6.07, 6.45) is 0.954. The van der Waals surface area contributed by atoms with Crippen LogP contribution in [0.25, 0.3) is 0 Å². The van der Waals surface area contributed by atoms with Crippen LogP contribution in [0.2, 0.25) is 0 Å². The fraction of sp³-hybridized carbons (Fsp3) is 0.286. The number of ether oxygens (including phenoxy) is 1. The molecule has 0 aliphatic carbocycles. The molecule has 1 aromatic heterocycles. The molecule has 6 heteroatoms. The highest BCUT2D eigenvalue weighted by Crippen LogP contribution is 2.22. The van der Waals surface area contributed by atoms with E-state index in [0.29, 0.717) is 12.3 Å². The first kappa shape index (κ1) is 14.5. The minimum atomic E-state index is -0.405. The van der Waals surface area contributed by atoms with Crippen molar-refractivity contribution < 1.29 is 9.66 Å². The van der Waals surface area contributed by atoms with Crippen LogP contribution in [0.4, 0.5) is 5.69 Å². The van der Waals surface area contributed by atoms with Gasteiger partial charge in [0.2, 0.25) is 0 Å². The number of hydrogen-bond acceptors (Lipinski definition) is 5. The molecule has 0 spiro atoms. The van der Waals surface area contributed by atoms with Crippen molar-refractivity contribution in [3.8, 4) is 5.75 Å². The number of nitrogens with zero attached hydrogens (tertiary/aromatic N) is 1. The number of benzene rings is 1. The summed E-state index contributed by atoms with van der Waals surface area (Å²) in [6.45, 7) is 1.42. The fourth-order valence-corrected chi connectivity index (χ4v) is 2.57. The van der Waals surface area contributed by atoms with Crippen LogP contribution in [-0.2, 0) is 13.0 Å². The zero-order chi connectivity index (χ0) is 14.4. The second kappa shape index (κ2) is 7.02. The Kier molecular flexibility index (Phi) is 5.09. The van der Waals surface area contributed by atoms with Crippen molar-refractivity contribution in [2.75, 3.05) is 13.7 Å². The van der Waals surface area contributed by atoms with Crippen LogP contribution in [0.1, 0.15) is 11.1 Å². The van der Waals surface area contributed by atoms with E-state index in [1.54, 1.807) is 17.4 Å². The van der Waals surface area contributed by atoms with Gasteiger partial charge in [0.15, 0.2) is 0 Å². The van der Waals surface area contributed by atoms with Gasteiger partial charge in [-0.2, -0.15) is 11.3 Å². The molecule has 0 saturated carbocycles. The maximum absolute atomic E-state index is 10.8. The average molecular weight is 292 g/mol. The van der Waals surface area contributed by atoms with Gasteiger partial charge >= 0.3 is 0 Å². The molecule has 2 rings (SSSR count). The van der Waals surface area contributed by atoms with Crippen LogP contribution in [0.5, 0.6) is 5.75 Å². The first-order valence-corrected chi connectivity index (χ1v) is 7.17. The second-order valence-electron chi connectivity index (χ2n) is 4.35. The molecule has 0 atom stereocenters. The molecule has 0 unspecified atom stereocenters. The third-order valence-corrected chi connectivity index (χ3v) is 3.63. The molecule has 0 amide bonds. The Bertz CT molecular complexity index is 570.